The van der Waals surface area contributed by atoms with Crippen molar-refractivity contribution < 1.29 is 9.53 Å². The van der Waals surface area contributed by atoms with Crippen molar-refractivity contribution >= 4 is 34.6 Å². The second-order valence-electron chi connectivity index (χ2n) is 5.95. The number of esters is 1. The number of aromatic nitrogens is 1. The Morgan fingerprint density at radius 1 is 1.07 bits per heavy atom. The molecule has 4 aromatic rings. The van der Waals surface area contributed by atoms with Crippen molar-refractivity contribution in [3.05, 3.63) is 93.4 Å². The summed E-state index contributed by atoms with van der Waals surface area (Å²) in [5, 5.41) is 0. The fraction of sp³-hybridized carbons (Fsp3) is 0.0909. The Bertz CT molecular complexity index is 1190. The maximum absolute atomic E-state index is 11.8. The molecule has 0 unspecified atom stereocenters. The molecule has 0 saturated carbocycles. The number of rotatable bonds is 4. The highest BCUT2D eigenvalue weighted by Gasteiger charge is 2.06. The number of ether oxygens (including phenoxy) is 1. The van der Waals surface area contributed by atoms with E-state index in [9.17, 15) is 4.79 Å². The van der Waals surface area contributed by atoms with Gasteiger partial charge in [-0.1, -0.05) is 41.7 Å². The third-order valence-corrected chi connectivity index (χ3v) is 5.13. The van der Waals surface area contributed by atoms with Crippen LogP contribution in [0, 0.1) is 0 Å². The fourth-order valence-electron chi connectivity index (χ4n) is 2.82. The molecule has 5 heteroatoms. The van der Waals surface area contributed by atoms with Crippen LogP contribution in [0.1, 0.15) is 22.8 Å². The highest BCUT2D eigenvalue weighted by atomic mass is 32.1. The molecule has 0 N–H and O–H groups in total. The second-order valence-corrected chi connectivity index (χ2v) is 6.96. The molecule has 2 aromatic carbocycles. The number of thiazole rings is 1. The number of hydrogen-bond acceptors (Lipinski definition) is 4. The molecular formula is C22H18N2O2S. The predicted octanol–water partition coefficient (Wildman–Crippen LogP) is 3.96. The van der Waals surface area contributed by atoms with Crippen LogP contribution in [0.15, 0.2) is 77.9 Å². The lowest BCUT2D eigenvalue weighted by Gasteiger charge is -2.01. The van der Waals surface area contributed by atoms with Gasteiger partial charge in [-0.15, -0.1) is 0 Å². The molecule has 134 valence electrons. The van der Waals surface area contributed by atoms with E-state index in [2.05, 4.69) is 16.5 Å². The number of fused-ring (bicyclic) bond motifs is 1. The number of carbonyl (C=O) groups excluding carboxylic acids is 1. The van der Waals surface area contributed by atoms with Crippen molar-refractivity contribution in [2.24, 2.45) is 4.99 Å². The zero-order valence-corrected chi connectivity index (χ0v) is 15.6. The van der Waals surface area contributed by atoms with Gasteiger partial charge in [-0.05, 0) is 55.0 Å². The monoisotopic (exact) mass is 374 g/mol. The van der Waals surface area contributed by atoms with E-state index in [-0.39, 0.29) is 5.97 Å². The van der Waals surface area contributed by atoms with Gasteiger partial charge in [-0.3, -0.25) is 4.40 Å². The molecule has 0 radical (unpaired) electrons. The second kappa shape index (κ2) is 7.60. The maximum Gasteiger partial charge on any atom is 0.338 e. The number of benzene rings is 2. The van der Waals surface area contributed by atoms with Crippen LogP contribution in [0.4, 0.5) is 5.69 Å². The van der Waals surface area contributed by atoms with Gasteiger partial charge in [0.25, 0.3) is 0 Å². The summed E-state index contributed by atoms with van der Waals surface area (Å²) in [7, 11) is 0. The van der Waals surface area contributed by atoms with Crippen LogP contribution >= 0.6 is 11.3 Å². The van der Waals surface area contributed by atoms with Crippen LogP contribution in [0.5, 0.6) is 0 Å². The van der Waals surface area contributed by atoms with Gasteiger partial charge in [0.2, 0.25) is 0 Å². The first-order valence-electron chi connectivity index (χ1n) is 8.73. The van der Waals surface area contributed by atoms with Crippen molar-refractivity contribution in [2.45, 2.75) is 6.92 Å². The minimum atomic E-state index is -0.293. The van der Waals surface area contributed by atoms with Gasteiger partial charge in [-0.2, -0.15) is 0 Å². The van der Waals surface area contributed by atoms with E-state index in [1.54, 1.807) is 30.4 Å². The van der Waals surface area contributed by atoms with Gasteiger partial charge in [0, 0.05) is 6.20 Å². The van der Waals surface area contributed by atoms with Crippen LogP contribution in [0.3, 0.4) is 0 Å². The number of carbonyl (C=O) groups is 1. The Labute approximate surface area is 160 Å². The van der Waals surface area contributed by atoms with Crippen LogP contribution < -0.4 is 9.33 Å². The van der Waals surface area contributed by atoms with Crippen molar-refractivity contribution in [1.29, 1.82) is 0 Å². The minimum Gasteiger partial charge on any atom is -0.462 e. The molecule has 0 spiro atoms. The molecule has 4 rings (SSSR count). The summed E-state index contributed by atoms with van der Waals surface area (Å²) in [4.78, 5) is 17.5. The molecule has 0 fully saturated rings. The molecule has 27 heavy (non-hydrogen) atoms. The van der Waals surface area contributed by atoms with Gasteiger partial charge in [0.1, 0.15) is 0 Å². The van der Waals surface area contributed by atoms with E-state index >= 15 is 0 Å². The topological polar surface area (TPSA) is 43.1 Å². The van der Waals surface area contributed by atoms with Gasteiger partial charge >= 0.3 is 5.97 Å². The van der Waals surface area contributed by atoms with Crippen molar-refractivity contribution in [2.75, 3.05) is 6.61 Å². The summed E-state index contributed by atoms with van der Waals surface area (Å²) < 4.78 is 8.25. The van der Waals surface area contributed by atoms with E-state index in [1.807, 2.05) is 54.7 Å². The highest BCUT2D eigenvalue weighted by molar-refractivity contribution is 7.07. The number of hydrogen-bond donors (Lipinski definition) is 0. The number of nitrogens with zero attached hydrogens (tertiary/aromatic N) is 2. The Morgan fingerprint density at radius 2 is 1.85 bits per heavy atom. The first-order chi connectivity index (χ1) is 13.2. The summed E-state index contributed by atoms with van der Waals surface area (Å²) in [6.07, 6.45) is 4.13. The maximum atomic E-state index is 11.8. The molecule has 0 aliphatic rings. The summed E-state index contributed by atoms with van der Waals surface area (Å²) in [6, 6.07) is 21.5. The van der Waals surface area contributed by atoms with Crippen molar-refractivity contribution in [3.8, 4) is 0 Å². The van der Waals surface area contributed by atoms with Crippen LogP contribution in [-0.2, 0) is 4.74 Å². The van der Waals surface area contributed by atoms with Gasteiger partial charge in [-0.25, -0.2) is 9.79 Å². The SMILES string of the molecule is CCOC(=O)c1ccc(/C=c2\sc(=Nc3ccccc3)n3cccc23)cc1. The van der Waals surface area contributed by atoms with Crippen LogP contribution in [0.2, 0.25) is 0 Å². The highest BCUT2D eigenvalue weighted by Crippen LogP contribution is 2.11. The predicted molar refractivity (Wildman–Crippen MR) is 108 cm³/mol. The Hall–Kier alpha value is -3.18. The molecule has 2 aromatic heterocycles. The zero-order valence-electron chi connectivity index (χ0n) is 14.8. The third kappa shape index (κ3) is 3.68. The lowest BCUT2D eigenvalue weighted by Crippen LogP contribution is -2.04. The van der Waals surface area contributed by atoms with Crippen LogP contribution in [0.25, 0.3) is 11.6 Å². The average molecular weight is 374 g/mol. The molecule has 0 saturated heterocycles. The Kier molecular flexibility index (Phi) is 4.85. The Balaban J connectivity index is 1.75. The van der Waals surface area contributed by atoms with Crippen molar-refractivity contribution in [1.82, 2.24) is 4.40 Å². The van der Waals surface area contributed by atoms with E-state index in [1.165, 1.54) is 0 Å². The standard InChI is InChI=1S/C22H18N2O2S/c1-2-26-21(25)17-12-10-16(11-13-17)15-20-19-9-6-14-24(19)22(27-20)23-18-7-4-3-5-8-18/h3-15H,2H2,1H3/b20-15-,23-22?. The smallest absolute Gasteiger partial charge is 0.338 e. The number of para-hydroxylation sites is 1. The summed E-state index contributed by atoms with van der Waals surface area (Å²) in [6.45, 7) is 2.18. The fourth-order valence-corrected chi connectivity index (χ4v) is 3.89. The molecule has 0 aliphatic heterocycles. The zero-order chi connectivity index (χ0) is 18.6. The summed E-state index contributed by atoms with van der Waals surface area (Å²) >= 11 is 1.64. The molecule has 0 bridgehead atoms. The molecule has 0 amide bonds. The minimum absolute atomic E-state index is 0.293. The largest absolute Gasteiger partial charge is 0.462 e. The summed E-state index contributed by atoms with van der Waals surface area (Å²) in [5.41, 5.74) is 3.64. The molecule has 0 atom stereocenters. The van der Waals surface area contributed by atoms with Gasteiger partial charge in [0.15, 0.2) is 4.80 Å². The molecule has 0 aliphatic carbocycles. The third-order valence-electron chi connectivity index (χ3n) is 4.11. The lowest BCUT2D eigenvalue weighted by atomic mass is 10.1. The van der Waals surface area contributed by atoms with E-state index in [0.29, 0.717) is 12.2 Å². The van der Waals surface area contributed by atoms with E-state index < -0.39 is 0 Å². The lowest BCUT2D eigenvalue weighted by molar-refractivity contribution is 0.0526. The molecule has 2 heterocycles. The van der Waals surface area contributed by atoms with Gasteiger partial charge < -0.3 is 4.74 Å². The normalized spacial score (nSPS) is 12.6. The van der Waals surface area contributed by atoms with E-state index in [4.69, 9.17) is 9.73 Å². The van der Waals surface area contributed by atoms with Crippen molar-refractivity contribution in [3.63, 3.8) is 0 Å². The Morgan fingerprint density at radius 3 is 2.59 bits per heavy atom. The molecule has 4 nitrogen and oxygen atoms in total. The summed E-state index contributed by atoms with van der Waals surface area (Å²) in [5.74, 6) is -0.293. The van der Waals surface area contributed by atoms with Crippen LogP contribution in [-0.4, -0.2) is 17.0 Å². The van der Waals surface area contributed by atoms with Gasteiger partial charge in [0.05, 0.1) is 27.9 Å². The average Bonchev–Trinajstić information content (AvgIpc) is 3.28. The quantitative estimate of drug-likeness (QED) is 0.508. The molecular weight excluding hydrogens is 356 g/mol. The van der Waals surface area contributed by atoms with E-state index in [0.717, 1.165) is 26.1 Å². The first kappa shape index (κ1) is 17.2. The first-order valence-corrected chi connectivity index (χ1v) is 9.55.